The van der Waals surface area contributed by atoms with E-state index in [2.05, 4.69) is 18.8 Å². The van der Waals surface area contributed by atoms with Crippen LogP contribution in [0.5, 0.6) is 0 Å². The van der Waals surface area contributed by atoms with Crippen molar-refractivity contribution in [2.75, 3.05) is 13.1 Å². The Hall–Kier alpha value is -1.98. The molecule has 2 aromatic rings. The van der Waals surface area contributed by atoms with Crippen LogP contribution in [-0.4, -0.2) is 41.0 Å². The number of amides is 1. The SMILES string of the molecule is CC(C)c1cc(C(=O)N2C[C@@H](N)[C@H](N)C2)c2ccccc2n1. The van der Waals surface area contributed by atoms with E-state index in [0.29, 0.717) is 18.7 Å². The Morgan fingerprint density at radius 1 is 1.23 bits per heavy atom. The number of pyridine rings is 1. The van der Waals surface area contributed by atoms with Gasteiger partial charge in [-0.05, 0) is 18.1 Å². The van der Waals surface area contributed by atoms with Crippen LogP contribution in [0.15, 0.2) is 30.3 Å². The van der Waals surface area contributed by atoms with E-state index in [-0.39, 0.29) is 23.9 Å². The number of fused-ring (bicyclic) bond motifs is 1. The van der Waals surface area contributed by atoms with Crippen LogP contribution in [0.4, 0.5) is 0 Å². The number of carbonyl (C=O) groups excluding carboxylic acids is 1. The quantitative estimate of drug-likeness (QED) is 0.879. The number of aromatic nitrogens is 1. The molecule has 0 aliphatic carbocycles. The Bertz CT molecular complexity index is 703. The molecule has 1 aromatic carbocycles. The summed E-state index contributed by atoms with van der Waals surface area (Å²) in [6, 6.07) is 9.36. The van der Waals surface area contributed by atoms with Gasteiger partial charge in [0.25, 0.3) is 5.91 Å². The van der Waals surface area contributed by atoms with Gasteiger partial charge in [0, 0.05) is 36.3 Å². The van der Waals surface area contributed by atoms with E-state index in [9.17, 15) is 4.79 Å². The summed E-state index contributed by atoms with van der Waals surface area (Å²) >= 11 is 0. The molecule has 1 saturated heterocycles. The Kier molecular flexibility index (Phi) is 3.85. The molecular weight excluding hydrogens is 276 g/mol. The molecule has 5 nitrogen and oxygen atoms in total. The van der Waals surface area contributed by atoms with Crippen molar-refractivity contribution in [2.24, 2.45) is 11.5 Å². The summed E-state index contributed by atoms with van der Waals surface area (Å²) in [6.07, 6.45) is 0. The van der Waals surface area contributed by atoms with Gasteiger partial charge in [0.1, 0.15) is 0 Å². The molecule has 4 N–H and O–H groups in total. The second-order valence-corrected chi connectivity index (χ2v) is 6.30. The van der Waals surface area contributed by atoms with Gasteiger partial charge < -0.3 is 16.4 Å². The van der Waals surface area contributed by atoms with Crippen molar-refractivity contribution in [3.8, 4) is 0 Å². The van der Waals surface area contributed by atoms with Crippen LogP contribution in [0, 0.1) is 0 Å². The predicted molar refractivity (Wildman–Crippen MR) is 87.7 cm³/mol. The van der Waals surface area contributed by atoms with Gasteiger partial charge in [-0.1, -0.05) is 32.0 Å². The molecule has 22 heavy (non-hydrogen) atoms. The summed E-state index contributed by atoms with van der Waals surface area (Å²) in [5.41, 5.74) is 14.4. The predicted octanol–water partition coefficient (Wildman–Crippen LogP) is 1.47. The lowest BCUT2D eigenvalue weighted by molar-refractivity contribution is 0.0791. The normalized spacial score (nSPS) is 21.8. The third-order valence-corrected chi connectivity index (χ3v) is 4.26. The van der Waals surface area contributed by atoms with Crippen molar-refractivity contribution >= 4 is 16.8 Å². The Labute approximate surface area is 130 Å². The number of nitrogens with two attached hydrogens (primary N) is 2. The van der Waals surface area contributed by atoms with Crippen molar-refractivity contribution in [1.29, 1.82) is 0 Å². The van der Waals surface area contributed by atoms with Crippen LogP contribution in [0.1, 0.15) is 35.8 Å². The molecule has 3 rings (SSSR count). The van der Waals surface area contributed by atoms with Crippen molar-refractivity contribution in [1.82, 2.24) is 9.88 Å². The van der Waals surface area contributed by atoms with E-state index >= 15 is 0 Å². The van der Waals surface area contributed by atoms with Crippen molar-refractivity contribution in [3.05, 3.63) is 41.6 Å². The lowest BCUT2D eigenvalue weighted by atomic mass is 10.0. The molecule has 2 heterocycles. The van der Waals surface area contributed by atoms with E-state index in [1.54, 1.807) is 4.90 Å². The molecule has 5 heteroatoms. The lowest BCUT2D eigenvalue weighted by Crippen LogP contribution is -2.39. The number of hydrogen-bond acceptors (Lipinski definition) is 4. The Morgan fingerprint density at radius 2 is 1.86 bits per heavy atom. The van der Waals surface area contributed by atoms with Crippen molar-refractivity contribution < 1.29 is 4.79 Å². The zero-order chi connectivity index (χ0) is 15.9. The molecule has 1 fully saturated rings. The molecular formula is C17H22N4O. The molecule has 0 saturated carbocycles. The largest absolute Gasteiger partial charge is 0.335 e. The number of likely N-dealkylation sites (tertiary alicyclic amines) is 1. The average Bonchev–Trinajstić information content (AvgIpc) is 2.84. The van der Waals surface area contributed by atoms with Crippen molar-refractivity contribution in [3.63, 3.8) is 0 Å². The zero-order valence-electron chi connectivity index (χ0n) is 13.0. The highest BCUT2D eigenvalue weighted by Crippen LogP contribution is 2.24. The minimum absolute atomic E-state index is 0.0103. The van der Waals surface area contributed by atoms with Gasteiger partial charge in [-0.2, -0.15) is 0 Å². The fourth-order valence-electron chi connectivity index (χ4n) is 2.86. The summed E-state index contributed by atoms with van der Waals surface area (Å²) in [4.78, 5) is 19.3. The highest BCUT2D eigenvalue weighted by Gasteiger charge is 2.31. The molecule has 0 bridgehead atoms. The first kappa shape index (κ1) is 14.9. The van der Waals surface area contributed by atoms with Crippen LogP contribution in [0.2, 0.25) is 0 Å². The minimum Gasteiger partial charge on any atom is -0.335 e. The number of hydrogen-bond donors (Lipinski definition) is 2. The van der Waals surface area contributed by atoms with E-state index in [4.69, 9.17) is 11.5 Å². The summed E-state index contributed by atoms with van der Waals surface area (Å²) < 4.78 is 0. The maximum absolute atomic E-state index is 12.9. The van der Waals surface area contributed by atoms with Gasteiger partial charge >= 0.3 is 0 Å². The first-order chi connectivity index (χ1) is 10.5. The molecule has 1 aliphatic heterocycles. The summed E-state index contributed by atoms with van der Waals surface area (Å²) in [7, 11) is 0. The molecule has 2 atom stereocenters. The highest BCUT2D eigenvalue weighted by molar-refractivity contribution is 6.06. The first-order valence-electron chi connectivity index (χ1n) is 7.67. The Balaban J connectivity index is 2.07. The number of nitrogens with zero attached hydrogens (tertiary/aromatic N) is 2. The van der Waals surface area contributed by atoms with E-state index in [0.717, 1.165) is 16.6 Å². The lowest BCUT2D eigenvalue weighted by Gasteiger charge is -2.18. The topological polar surface area (TPSA) is 85.2 Å². The molecule has 0 unspecified atom stereocenters. The van der Waals surface area contributed by atoms with E-state index in [1.165, 1.54) is 0 Å². The third kappa shape index (κ3) is 2.58. The minimum atomic E-state index is -0.151. The van der Waals surface area contributed by atoms with Crippen LogP contribution >= 0.6 is 0 Å². The second kappa shape index (κ2) is 5.66. The molecule has 1 amide bonds. The fourth-order valence-corrected chi connectivity index (χ4v) is 2.86. The number of carbonyl (C=O) groups is 1. The average molecular weight is 298 g/mol. The van der Waals surface area contributed by atoms with Gasteiger partial charge in [0.05, 0.1) is 11.1 Å². The van der Waals surface area contributed by atoms with E-state index < -0.39 is 0 Å². The van der Waals surface area contributed by atoms with Crippen LogP contribution in [0.3, 0.4) is 0 Å². The van der Waals surface area contributed by atoms with Gasteiger partial charge in [-0.25, -0.2) is 0 Å². The molecule has 0 spiro atoms. The molecule has 1 aliphatic rings. The van der Waals surface area contributed by atoms with Gasteiger partial charge in [-0.15, -0.1) is 0 Å². The summed E-state index contributed by atoms with van der Waals surface area (Å²) in [5, 5.41) is 0.881. The number of rotatable bonds is 2. The van der Waals surface area contributed by atoms with Gasteiger partial charge in [0.2, 0.25) is 0 Å². The highest BCUT2D eigenvalue weighted by atomic mass is 16.2. The van der Waals surface area contributed by atoms with Crippen LogP contribution in [0.25, 0.3) is 10.9 Å². The van der Waals surface area contributed by atoms with Crippen LogP contribution in [-0.2, 0) is 0 Å². The summed E-state index contributed by atoms with van der Waals surface area (Å²) in [5.74, 6) is 0.253. The maximum Gasteiger partial charge on any atom is 0.254 e. The fraction of sp³-hybridized carbons (Fsp3) is 0.412. The summed E-state index contributed by atoms with van der Waals surface area (Å²) in [6.45, 7) is 5.17. The second-order valence-electron chi connectivity index (χ2n) is 6.30. The zero-order valence-corrected chi connectivity index (χ0v) is 13.0. The van der Waals surface area contributed by atoms with E-state index in [1.807, 2.05) is 30.3 Å². The molecule has 1 aromatic heterocycles. The monoisotopic (exact) mass is 298 g/mol. The Morgan fingerprint density at radius 3 is 2.50 bits per heavy atom. The van der Waals surface area contributed by atoms with Gasteiger partial charge in [-0.3, -0.25) is 9.78 Å². The molecule has 116 valence electrons. The van der Waals surface area contributed by atoms with Gasteiger partial charge in [0.15, 0.2) is 0 Å². The molecule has 0 radical (unpaired) electrons. The number of benzene rings is 1. The van der Waals surface area contributed by atoms with Crippen molar-refractivity contribution in [2.45, 2.75) is 31.8 Å². The first-order valence-corrected chi connectivity index (χ1v) is 7.67. The third-order valence-electron chi connectivity index (χ3n) is 4.26. The standard InChI is InChI=1S/C17H22N4O/c1-10(2)16-7-12(11-5-3-4-6-15(11)20-16)17(22)21-8-13(18)14(19)9-21/h3-7,10,13-14H,8-9,18-19H2,1-2H3/t13-,14-/m1/s1. The maximum atomic E-state index is 12.9. The smallest absolute Gasteiger partial charge is 0.254 e. The van der Waals surface area contributed by atoms with Crippen LogP contribution < -0.4 is 11.5 Å². The number of para-hydroxylation sites is 1.